The maximum absolute atomic E-state index is 12.5. The van der Waals surface area contributed by atoms with Gasteiger partial charge in [0, 0.05) is 43.1 Å². The molecule has 4 aromatic rings. The highest BCUT2D eigenvalue weighted by atomic mass is 16.5. The summed E-state index contributed by atoms with van der Waals surface area (Å²) in [7, 11) is 1.63. The smallest absolute Gasteiger partial charge is 0.271 e. The van der Waals surface area contributed by atoms with Crippen LogP contribution >= 0.6 is 0 Å². The molecule has 0 spiro atoms. The predicted octanol–water partition coefficient (Wildman–Crippen LogP) is 2.77. The van der Waals surface area contributed by atoms with E-state index in [0.717, 1.165) is 23.3 Å². The SMILES string of the molecule is COc1ccc(-c2nccn3cc(C(=O)NCCc4ccncc4)nc23)cc1. The molecule has 140 valence electrons. The van der Waals surface area contributed by atoms with E-state index < -0.39 is 0 Å². The lowest BCUT2D eigenvalue weighted by molar-refractivity contribution is 0.0950. The van der Waals surface area contributed by atoms with Crippen LogP contribution in [0.25, 0.3) is 16.9 Å². The minimum Gasteiger partial charge on any atom is -0.497 e. The van der Waals surface area contributed by atoms with Crippen molar-refractivity contribution in [2.45, 2.75) is 6.42 Å². The van der Waals surface area contributed by atoms with Gasteiger partial charge in [-0.3, -0.25) is 14.8 Å². The molecule has 7 nitrogen and oxygen atoms in total. The van der Waals surface area contributed by atoms with Crippen LogP contribution in [0.2, 0.25) is 0 Å². The molecular weight excluding hydrogens is 354 g/mol. The fourth-order valence-corrected chi connectivity index (χ4v) is 2.94. The lowest BCUT2D eigenvalue weighted by Crippen LogP contribution is -2.25. The maximum Gasteiger partial charge on any atom is 0.271 e. The number of hydrogen-bond acceptors (Lipinski definition) is 5. The molecule has 7 heteroatoms. The van der Waals surface area contributed by atoms with Gasteiger partial charge < -0.3 is 14.5 Å². The first kappa shape index (κ1) is 17.7. The van der Waals surface area contributed by atoms with Crippen LogP contribution in [0.5, 0.6) is 5.75 Å². The molecule has 0 aliphatic heterocycles. The molecule has 0 fully saturated rings. The normalized spacial score (nSPS) is 10.8. The maximum atomic E-state index is 12.5. The Morgan fingerprint density at radius 2 is 1.89 bits per heavy atom. The van der Waals surface area contributed by atoms with Crippen LogP contribution in [0, 0.1) is 0 Å². The number of aromatic nitrogens is 4. The van der Waals surface area contributed by atoms with Crippen LogP contribution in [-0.4, -0.2) is 38.9 Å². The van der Waals surface area contributed by atoms with Gasteiger partial charge in [0.25, 0.3) is 5.91 Å². The Morgan fingerprint density at radius 1 is 1.11 bits per heavy atom. The van der Waals surface area contributed by atoms with Gasteiger partial charge in [-0.25, -0.2) is 4.98 Å². The number of nitrogens with zero attached hydrogens (tertiary/aromatic N) is 4. The molecule has 0 aliphatic carbocycles. The number of imidazole rings is 1. The number of amides is 1. The van der Waals surface area contributed by atoms with Crippen LogP contribution in [0.3, 0.4) is 0 Å². The highest BCUT2D eigenvalue weighted by Crippen LogP contribution is 2.24. The topological polar surface area (TPSA) is 81.4 Å². The summed E-state index contributed by atoms with van der Waals surface area (Å²) in [5.41, 5.74) is 3.73. The van der Waals surface area contributed by atoms with Gasteiger partial charge in [0.1, 0.15) is 17.1 Å². The van der Waals surface area contributed by atoms with E-state index in [0.29, 0.717) is 23.6 Å². The molecule has 0 aliphatic rings. The number of carbonyl (C=O) groups excluding carboxylic acids is 1. The zero-order valence-electron chi connectivity index (χ0n) is 15.4. The van der Waals surface area contributed by atoms with Gasteiger partial charge in [-0.1, -0.05) is 0 Å². The average Bonchev–Trinajstić information content (AvgIpc) is 3.19. The van der Waals surface area contributed by atoms with Crippen molar-refractivity contribution in [3.8, 4) is 17.0 Å². The summed E-state index contributed by atoms with van der Waals surface area (Å²) in [4.78, 5) is 25.4. The van der Waals surface area contributed by atoms with Crippen LogP contribution in [-0.2, 0) is 6.42 Å². The Balaban J connectivity index is 1.53. The van der Waals surface area contributed by atoms with E-state index in [1.165, 1.54) is 0 Å². The van der Waals surface area contributed by atoms with E-state index in [-0.39, 0.29) is 5.91 Å². The van der Waals surface area contributed by atoms with Crippen LogP contribution < -0.4 is 10.1 Å². The molecular formula is C21H19N5O2. The second kappa shape index (κ2) is 7.87. The highest BCUT2D eigenvalue weighted by molar-refractivity contribution is 5.93. The lowest BCUT2D eigenvalue weighted by Gasteiger charge is -2.04. The zero-order valence-corrected chi connectivity index (χ0v) is 15.4. The van der Waals surface area contributed by atoms with Gasteiger partial charge >= 0.3 is 0 Å². The lowest BCUT2D eigenvalue weighted by atomic mass is 10.1. The van der Waals surface area contributed by atoms with Crippen LogP contribution in [0.1, 0.15) is 16.1 Å². The summed E-state index contributed by atoms with van der Waals surface area (Å²) in [5, 5.41) is 2.91. The Bertz CT molecular complexity index is 1090. The predicted molar refractivity (Wildman–Crippen MR) is 105 cm³/mol. The second-order valence-corrected chi connectivity index (χ2v) is 6.22. The summed E-state index contributed by atoms with van der Waals surface area (Å²) >= 11 is 0. The first-order valence-corrected chi connectivity index (χ1v) is 8.90. The van der Waals surface area contributed by atoms with E-state index >= 15 is 0 Å². The molecule has 1 amide bonds. The number of fused-ring (bicyclic) bond motifs is 1. The van der Waals surface area contributed by atoms with Gasteiger partial charge in [0.15, 0.2) is 5.65 Å². The van der Waals surface area contributed by atoms with Crippen molar-refractivity contribution >= 4 is 11.6 Å². The standard InChI is InChI=1S/C21H19N5O2/c1-28-17-4-2-16(3-5-17)19-20-25-18(14-26(20)13-12-23-19)21(27)24-11-8-15-6-9-22-10-7-15/h2-7,9-10,12-14H,8,11H2,1H3,(H,24,27). The molecule has 0 saturated heterocycles. The monoisotopic (exact) mass is 373 g/mol. The molecule has 4 rings (SSSR count). The summed E-state index contributed by atoms with van der Waals surface area (Å²) in [5.74, 6) is 0.562. The fourth-order valence-electron chi connectivity index (χ4n) is 2.94. The van der Waals surface area contributed by atoms with Gasteiger partial charge in [-0.15, -0.1) is 0 Å². The molecule has 3 aromatic heterocycles. The van der Waals surface area contributed by atoms with E-state index in [1.54, 1.807) is 38.1 Å². The highest BCUT2D eigenvalue weighted by Gasteiger charge is 2.14. The first-order valence-electron chi connectivity index (χ1n) is 8.90. The fraction of sp³-hybridized carbons (Fsp3) is 0.143. The molecule has 0 saturated carbocycles. The summed E-state index contributed by atoms with van der Waals surface area (Å²) in [6.07, 6.45) is 9.41. The first-order chi connectivity index (χ1) is 13.7. The zero-order chi connectivity index (χ0) is 19.3. The Morgan fingerprint density at radius 3 is 2.64 bits per heavy atom. The number of rotatable bonds is 6. The number of pyridine rings is 1. The number of hydrogen-bond donors (Lipinski definition) is 1. The molecule has 1 N–H and O–H groups in total. The number of ether oxygens (including phenoxy) is 1. The summed E-state index contributed by atoms with van der Waals surface area (Å²) < 4.78 is 7.01. The second-order valence-electron chi connectivity index (χ2n) is 6.22. The minimum absolute atomic E-state index is 0.210. The van der Waals surface area contributed by atoms with Gasteiger partial charge in [-0.05, 0) is 48.4 Å². The summed E-state index contributed by atoms with van der Waals surface area (Å²) in [6, 6.07) is 11.5. The number of benzene rings is 1. The van der Waals surface area contributed by atoms with Crippen molar-refractivity contribution in [3.63, 3.8) is 0 Å². The average molecular weight is 373 g/mol. The molecule has 0 bridgehead atoms. The largest absolute Gasteiger partial charge is 0.497 e. The van der Waals surface area contributed by atoms with Crippen LogP contribution in [0.4, 0.5) is 0 Å². The van der Waals surface area contributed by atoms with Crippen molar-refractivity contribution < 1.29 is 9.53 Å². The van der Waals surface area contributed by atoms with Crippen molar-refractivity contribution in [1.82, 2.24) is 24.7 Å². The molecule has 0 radical (unpaired) electrons. The third-order valence-corrected chi connectivity index (χ3v) is 4.42. The molecule has 0 unspecified atom stereocenters. The third kappa shape index (κ3) is 3.68. The van der Waals surface area contributed by atoms with E-state index in [1.807, 2.05) is 40.8 Å². The Hall–Kier alpha value is -3.74. The molecule has 1 aromatic carbocycles. The van der Waals surface area contributed by atoms with Crippen molar-refractivity contribution in [2.24, 2.45) is 0 Å². The van der Waals surface area contributed by atoms with Gasteiger partial charge in [0.2, 0.25) is 0 Å². The Labute approximate surface area is 162 Å². The van der Waals surface area contributed by atoms with Crippen molar-refractivity contribution in [3.05, 3.63) is 78.6 Å². The number of methoxy groups -OCH3 is 1. The van der Waals surface area contributed by atoms with E-state index in [2.05, 4.69) is 20.3 Å². The summed E-state index contributed by atoms with van der Waals surface area (Å²) in [6.45, 7) is 0.528. The van der Waals surface area contributed by atoms with Gasteiger partial charge in [-0.2, -0.15) is 0 Å². The van der Waals surface area contributed by atoms with Crippen molar-refractivity contribution in [2.75, 3.05) is 13.7 Å². The minimum atomic E-state index is -0.210. The number of nitrogens with one attached hydrogen (secondary N) is 1. The van der Waals surface area contributed by atoms with E-state index in [4.69, 9.17) is 4.74 Å². The van der Waals surface area contributed by atoms with Crippen LogP contribution in [0.15, 0.2) is 67.4 Å². The Kier molecular flexibility index (Phi) is 4.97. The van der Waals surface area contributed by atoms with Gasteiger partial charge in [0.05, 0.1) is 7.11 Å². The van der Waals surface area contributed by atoms with E-state index in [9.17, 15) is 4.79 Å². The molecule has 28 heavy (non-hydrogen) atoms. The number of carbonyl (C=O) groups is 1. The third-order valence-electron chi connectivity index (χ3n) is 4.42. The molecule has 3 heterocycles. The molecule has 0 atom stereocenters. The quantitative estimate of drug-likeness (QED) is 0.562. The van der Waals surface area contributed by atoms with Crippen molar-refractivity contribution in [1.29, 1.82) is 0 Å².